The van der Waals surface area contributed by atoms with Crippen molar-refractivity contribution in [2.75, 3.05) is 6.54 Å². The van der Waals surface area contributed by atoms with Gasteiger partial charge in [0.2, 0.25) is 0 Å². The third-order valence-corrected chi connectivity index (χ3v) is 2.76. The molecule has 1 aliphatic carbocycles. The van der Waals surface area contributed by atoms with E-state index in [0.29, 0.717) is 12.6 Å². The summed E-state index contributed by atoms with van der Waals surface area (Å²) in [6.07, 6.45) is 5.27. The van der Waals surface area contributed by atoms with Gasteiger partial charge in [-0.1, -0.05) is 19.8 Å². The van der Waals surface area contributed by atoms with Gasteiger partial charge in [-0.15, -0.1) is 0 Å². The van der Waals surface area contributed by atoms with Crippen LogP contribution in [0.4, 0.5) is 0 Å². The third-order valence-electron chi connectivity index (χ3n) is 2.76. The van der Waals surface area contributed by atoms with E-state index in [1.54, 1.807) is 0 Å². The van der Waals surface area contributed by atoms with Crippen molar-refractivity contribution < 1.29 is 5.11 Å². The quantitative estimate of drug-likeness (QED) is 0.704. The van der Waals surface area contributed by atoms with E-state index in [2.05, 4.69) is 12.2 Å². The Kier molecular flexibility index (Phi) is 3.74. The Morgan fingerprint density at radius 1 is 1.38 bits per heavy atom. The summed E-state index contributed by atoms with van der Waals surface area (Å²) in [4.78, 5) is 0. The van der Waals surface area contributed by atoms with Gasteiger partial charge < -0.3 is 10.4 Å². The lowest BCUT2D eigenvalue weighted by molar-refractivity contribution is 0.0733. The first-order valence-electron chi connectivity index (χ1n) is 5.43. The summed E-state index contributed by atoms with van der Waals surface area (Å²) in [5.41, 5.74) is -0.569. The largest absolute Gasteiger partial charge is 0.389 e. The fraction of sp³-hybridized carbons (Fsp3) is 1.00. The summed E-state index contributed by atoms with van der Waals surface area (Å²) in [7, 11) is 0. The molecule has 0 aliphatic heterocycles. The second-order valence-electron chi connectivity index (χ2n) is 5.16. The lowest BCUT2D eigenvalue weighted by Gasteiger charge is -2.30. The van der Waals surface area contributed by atoms with Crippen LogP contribution in [0.25, 0.3) is 0 Å². The van der Waals surface area contributed by atoms with E-state index in [9.17, 15) is 5.11 Å². The summed E-state index contributed by atoms with van der Waals surface area (Å²) < 4.78 is 0. The zero-order valence-electron chi connectivity index (χ0n) is 9.14. The van der Waals surface area contributed by atoms with Crippen molar-refractivity contribution in [2.45, 2.75) is 58.1 Å². The van der Waals surface area contributed by atoms with Crippen LogP contribution in [0.3, 0.4) is 0 Å². The summed E-state index contributed by atoms with van der Waals surface area (Å²) >= 11 is 0. The van der Waals surface area contributed by atoms with Crippen LogP contribution in [0, 0.1) is 5.92 Å². The average Bonchev–Trinajstić information content (AvgIpc) is 2.00. The highest BCUT2D eigenvalue weighted by atomic mass is 16.3. The Bertz CT molecular complexity index is 151. The van der Waals surface area contributed by atoms with E-state index < -0.39 is 5.60 Å². The Morgan fingerprint density at radius 3 is 2.62 bits per heavy atom. The molecular formula is C11H23NO. The molecule has 0 aromatic rings. The predicted molar refractivity (Wildman–Crippen MR) is 55.7 cm³/mol. The number of aliphatic hydroxyl groups is 1. The molecule has 0 unspecified atom stereocenters. The van der Waals surface area contributed by atoms with Crippen LogP contribution in [-0.4, -0.2) is 23.3 Å². The SMILES string of the molecule is C[C@H]1CCC[C@@H](NCC(C)(C)O)C1. The third kappa shape index (κ3) is 4.63. The van der Waals surface area contributed by atoms with Crippen LogP contribution in [0.1, 0.15) is 46.5 Å². The first-order chi connectivity index (χ1) is 5.97. The molecule has 2 N–H and O–H groups in total. The molecule has 2 nitrogen and oxygen atoms in total. The first-order valence-corrected chi connectivity index (χ1v) is 5.43. The van der Waals surface area contributed by atoms with Gasteiger partial charge >= 0.3 is 0 Å². The van der Waals surface area contributed by atoms with Gasteiger partial charge in [0.15, 0.2) is 0 Å². The lowest BCUT2D eigenvalue weighted by atomic mass is 9.87. The Labute approximate surface area is 81.7 Å². The van der Waals surface area contributed by atoms with Crippen molar-refractivity contribution in [3.8, 4) is 0 Å². The number of nitrogens with one attached hydrogen (secondary N) is 1. The standard InChI is InChI=1S/C11H23NO/c1-9-5-4-6-10(7-9)12-8-11(2,3)13/h9-10,12-13H,4-8H2,1-3H3/t9-,10+/m0/s1. The second-order valence-corrected chi connectivity index (χ2v) is 5.16. The second kappa shape index (κ2) is 4.43. The van der Waals surface area contributed by atoms with Crippen LogP contribution in [-0.2, 0) is 0 Å². The van der Waals surface area contributed by atoms with E-state index in [1.165, 1.54) is 25.7 Å². The molecule has 0 aromatic carbocycles. The highest BCUT2D eigenvalue weighted by molar-refractivity contribution is 4.79. The molecule has 0 saturated heterocycles. The fourth-order valence-corrected chi connectivity index (χ4v) is 2.01. The minimum absolute atomic E-state index is 0.569. The topological polar surface area (TPSA) is 32.3 Å². The minimum atomic E-state index is -0.569. The molecule has 2 heteroatoms. The van der Waals surface area contributed by atoms with Gasteiger partial charge in [-0.25, -0.2) is 0 Å². The maximum absolute atomic E-state index is 9.55. The summed E-state index contributed by atoms with van der Waals surface area (Å²) in [6, 6.07) is 0.634. The molecular weight excluding hydrogens is 162 g/mol. The first kappa shape index (κ1) is 11.0. The Morgan fingerprint density at radius 2 is 2.08 bits per heavy atom. The number of hydrogen-bond acceptors (Lipinski definition) is 2. The molecule has 1 fully saturated rings. The van der Waals surface area contributed by atoms with Gasteiger partial charge in [0.25, 0.3) is 0 Å². The lowest BCUT2D eigenvalue weighted by Crippen LogP contribution is -2.42. The number of rotatable bonds is 3. The fourth-order valence-electron chi connectivity index (χ4n) is 2.01. The van der Waals surface area contributed by atoms with Crippen LogP contribution < -0.4 is 5.32 Å². The van der Waals surface area contributed by atoms with Gasteiger partial charge in [-0.2, -0.15) is 0 Å². The van der Waals surface area contributed by atoms with Crippen LogP contribution in [0.5, 0.6) is 0 Å². The predicted octanol–water partition coefficient (Wildman–Crippen LogP) is 1.93. The van der Waals surface area contributed by atoms with Crippen LogP contribution >= 0.6 is 0 Å². The zero-order chi connectivity index (χ0) is 9.90. The summed E-state index contributed by atoms with van der Waals surface area (Å²) in [5, 5.41) is 13.0. The molecule has 1 rings (SSSR count). The van der Waals surface area contributed by atoms with Crippen molar-refractivity contribution in [3.63, 3.8) is 0 Å². The zero-order valence-corrected chi connectivity index (χ0v) is 9.14. The molecule has 13 heavy (non-hydrogen) atoms. The maximum atomic E-state index is 9.55. The van der Waals surface area contributed by atoms with Crippen molar-refractivity contribution >= 4 is 0 Å². The van der Waals surface area contributed by atoms with Gasteiger partial charge in [-0.3, -0.25) is 0 Å². The van der Waals surface area contributed by atoms with E-state index in [4.69, 9.17) is 0 Å². The smallest absolute Gasteiger partial charge is 0.0715 e. The minimum Gasteiger partial charge on any atom is -0.389 e. The maximum Gasteiger partial charge on any atom is 0.0715 e. The highest BCUT2D eigenvalue weighted by Crippen LogP contribution is 2.23. The van der Waals surface area contributed by atoms with Crippen LogP contribution in [0.2, 0.25) is 0 Å². The van der Waals surface area contributed by atoms with Crippen molar-refractivity contribution in [3.05, 3.63) is 0 Å². The normalized spacial score (nSPS) is 30.5. The van der Waals surface area contributed by atoms with Gasteiger partial charge in [0.1, 0.15) is 0 Å². The number of hydrogen-bond donors (Lipinski definition) is 2. The molecule has 78 valence electrons. The molecule has 0 aromatic heterocycles. The monoisotopic (exact) mass is 185 g/mol. The Balaban J connectivity index is 2.21. The molecule has 0 spiro atoms. The average molecular weight is 185 g/mol. The highest BCUT2D eigenvalue weighted by Gasteiger charge is 2.20. The molecule has 0 radical (unpaired) electrons. The van der Waals surface area contributed by atoms with E-state index in [-0.39, 0.29) is 0 Å². The molecule has 0 amide bonds. The molecule has 0 bridgehead atoms. The Hall–Kier alpha value is -0.0800. The van der Waals surface area contributed by atoms with Crippen molar-refractivity contribution in [2.24, 2.45) is 5.92 Å². The van der Waals surface area contributed by atoms with E-state index >= 15 is 0 Å². The van der Waals surface area contributed by atoms with E-state index in [0.717, 1.165) is 5.92 Å². The van der Waals surface area contributed by atoms with Crippen LogP contribution in [0.15, 0.2) is 0 Å². The molecule has 2 atom stereocenters. The molecule has 0 heterocycles. The molecule has 1 saturated carbocycles. The van der Waals surface area contributed by atoms with Crippen molar-refractivity contribution in [1.82, 2.24) is 5.32 Å². The van der Waals surface area contributed by atoms with Crippen molar-refractivity contribution in [1.29, 1.82) is 0 Å². The van der Waals surface area contributed by atoms with Gasteiger partial charge in [0.05, 0.1) is 5.60 Å². The summed E-state index contributed by atoms with van der Waals surface area (Å²) in [6.45, 7) is 6.74. The summed E-state index contributed by atoms with van der Waals surface area (Å²) in [5.74, 6) is 0.855. The van der Waals surface area contributed by atoms with Gasteiger partial charge in [-0.05, 0) is 32.6 Å². The van der Waals surface area contributed by atoms with E-state index in [1.807, 2.05) is 13.8 Å². The van der Waals surface area contributed by atoms with Gasteiger partial charge in [0, 0.05) is 12.6 Å². The molecule has 1 aliphatic rings.